The molecule has 2 aromatic rings. The van der Waals surface area contributed by atoms with Gasteiger partial charge in [0.15, 0.2) is 5.60 Å². The zero-order valence-electron chi connectivity index (χ0n) is 14.5. The normalized spacial score (nSPS) is 17.3. The summed E-state index contributed by atoms with van der Waals surface area (Å²) in [4.78, 5) is 12.9. The predicted octanol–water partition coefficient (Wildman–Crippen LogP) is 2.69. The number of carbonyl (C=O) groups is 1. The van der Waals surface area contributed by atoms with Gasteiger partial charge in [-0.25, -0.2) is 0 Å². The fraction of sp³-hybridized carbons (Fsp3) is 0.350. The quantitative estimate of drug-likeness (QED) is 0.727. The molecule has 1 saturated heterocycles. The summed E-state index contributed by atoms with van der Waals surface area (Å²) in [5.74, 6) is 0.402. The van der Waals surface area contributed by atoms with Crippen LogP contribution < -0.4 is 15.4 Å². The van der Waals surface area contributed by atoms with Gasteiger partial charge >= 0.3 is 0 Å². The van der Waals surface area contributed by atoms with Crippen molar-refractivity contribution in [2.24, 2.45) is 0 Å². The van der Waals surface area contributed by atoms with Crippen LogP contribution in [0, 0.1) is 0 Å². The van der Waals surface area contributed by atoms with Crippen LogP contribution in [0.3, 0.4) is 0 Å². The van der Waals surface area contributed by atoms with E-state index in [1.54, 1.807) is 24.3 Å². The highest BCUT2D eigenvalue weighted by Crippen LogP contribution is 2.28. The number of aliphatic hydroxyl groups excluding tert-OH is 1. The summed E-state index contributed by atoms with van der Waals surface area (Å²) in [6.45, 7) is 1.53. The molecule has 1 atom stereocenters. The summed E-state index contributed by atoms with van der Waals surface area (Å²) in [5.41, 5.74) is -0.180. The number of hydrogen-bond donors (Lipinski definition) is 3. The lowest BCUT2D eigenvalue weighted by Gasteiger charge is -2.36. The van der Waals surface area contributed by atoms with Crippen LogP contribution in [0.4, 0.5) is 0 Å². The van der Waals surface area contributed by atoms with E-state index in [1.165, 1.54) is 0 Å². The first-order valence-corrected chi connectivity index (χ1v) is 9.13. The van der Waals surface area contributed by atoms with Gasteiger partial charge in [0, 0.05) is 24.4 Å². The monoisotopic (exact) mass is 374 g/mol. The van der Waals surface area contributed by atoms with Crippen molar-refractivity contribution in [3.05, 3.63) is 65.2 Å². The van der Waals surface area contributed by atoms with Crippen LogP contribution in [0.5, 0.6) is 5.75 Å². The molecule has 1 amide bonds. The molecule has 0 spiro atoms. The van der Waals surface area contributed by atoms with E-state index in [0.29, 0.717) is 36.7 Å². The highest BCUT2D eigenvalue weighted by atomic mass is 35.5. The van der Waals surface area contributed by atoms with Crippen LogP contribution in [-0.2, 0) is 4.79 Å². The molecule has 6 heteroatoms. The molecular formula is C20H23ClN2O3. The van der Waals surface area contributed by atoms with E-state index in [4.69, 9.17) is 16.3 Å². The SMILES string of the molecule is O=C(NC[C@H](O)c1ccccc1)C1(Oc2ccc(Cl)cc2)CCNCC1. The molecule has 1 aliphatic heterocycles. The molecule has 3 rings (SSSR count). The van der Waals surface area contributed by atoms with E-state index in [2.05, 4.69) is 10.6 Å². The number of rotatable bonds is 6. The average Bonchev–Trinajstić information content (AvgIpc) is 2.69. The first kappa shape index (κ1) is 18.7. The highest BCUT2D eigenvalue weighted by molar-refractivity contribution is 6.30. The molecule has 1 fully saturated rings. The maximum absolute atomic E-state index is 12.9. The summed E-state index contributed by atoms with van der Waals surface area (Å²) in [7, 11) is 0. The van der Waals surface area contributed by atoms with Crippen molar-refractivity contribution >= 4 is 17.5 Å². The Labute approximate surface area is 158 Å². The van der Waals surface area contributed by atoms with Gasteiger partial charge in [0.25, 0.3) is 5.91 Å². The molecule has 26 heavy (non-hydrogen) atoms. The maximum Gasteiger partial charge on any atom is 0.264 e. The molecule has 0 radical (unpaired) electrons. The van der Waals surface area contributed by atoms with Gasteiger partial charge in [-0.15, -0.1) is 0 Å². The van der Waals surface area contributed by atoms with Gasteiger partial charge in [-0.3, -0.25) is 4.79 Å². The van der Waals surface area contributed by atoms with Crippen molar-refractivity contribution in [3.63, 3.8) is 0 Å². The molecule has 2 aromatic carbocycles. The third kappa shape index (κ3) is 4.55. The van der Waals surface area contributed by atoms with Crippen molar-refractivity contribution < 1.29 is 14.6 Å². The lowest BCUT2D eigenvalue weighted by Crippen LogP contribution is -2.57. The smallest absolute Gasteiger partial charge is 0.264 e. The minimum absolute atomic E-state index is 0.141. The second-order valence-corrected chi connectivity index (χ2v) is 6.87. The minimum atomic E-state index is -0.949. The summed E-state index contributed by atoms with van der Waals surface area (Å²) in [6, 6.07) is 16.3. The Balaban J connectivity index is 1.68. The molecule has 1 heterocycles. The molecule has 0 aliphatic carbocycles. The molecule has 138 valence electrons. The third-order valence-electron chi connectivity index (χ3n) is 4.59. The molecule has 0 bridgehead atoms. The van der Waals surface area contributed by atoms with E-state index in [-0.39, 0.29) is 12.5 Å². The van der Waals surface area contributed by atoms with Crippen molar-refractivity contribution in [1.82, 2.24) is 10.6 Å². The fourth-order valence-electron chi connectivity index (χ4n) is 3.08. The number of carbonyl (C=O) groups excluding carboxylic acids is 1. The number of amides is 1. The van der Waals surface area contributed by atoms with Gasteiger partial charge in [-0.1, -0.05) is 41.9 Å². The molecule has 3 N–H and O–H groups in total. The molecule has 0 saturated carbocycles. The Morgan fingerprint density at radius 1 is 1.15 bits per heavy atom. The van der Waals surface area contributed by atoms with Gasteiger partial charge < -0.3 is 20.5 Å². The van der Waals surface area contributed by atoms with Crippen LogP contribution >= 0.6 is 11.6 Å². The first-order chi connectivity index (χ1) is 12.6. The summed E-state index contributed by atoms with van der Waals surface area (Å²) >= 11 is 5.92. The third-order valence-corrected chi connectivity index (χ3v) is 4.84. The van der Waals surface area contributed by atoms with Gasteiger partial charge in [0.1, 0.15) is 5.75 Å². The lowest BCUT2D eigenvalue weighted by atomic mass is 9.90. The number of hydrogen-bond acceptors (Lipinski definition) is 4. The molecule has 0 aromatic heterocycles. The number of aliphatic hydroxyl groups is 1. The van der Waals surface area contributed by atoms with Crippen LogP contribution in [0.25, 0.3) is 0 Å². The van der Waals surface area contributed by atoms with E-state index in [9.17, 15) is 9.90 Å². The van der Waals surface area contributed by atoms with Crippen molar-refractivity contribution in [3.8, 4) is 5.75 Å². The first-order valence-electron chi connectivity index (χ1n) is 8.76. The van der Waals surface area contributed by atoms with Gasteiger partial charge in [0.2, 0.25) is 0 Å². The van der Waals surface area contributed by atoms with Crippen molar-refractivity contribution in [2.75, 3.05) is 19.6 Å². The van der Waals surface area contributed by atoms with Crippen molar-refractivity contribution in [2.45, 2.75) is 24.5 Å². The number of benzene rings is 2. The van der Waals surface area contributed by atoms with E-state index < -0.39 is 11.7 Å². The Hall–Kier alpha value is -2.08. The Morgan fingerprint density at radius 3 is 2.46 bits per heavy atom. The van der Waals surface area contributed by atoms with Crippen LogP contribution in [0.2, 0.25) is 5.02 Å². The van der Waals surface area contributed by atoms with E-state index >= 15 is 0 Å². The highest BCUT2D eigenvalue weighted by Gasteiger charge is 2.42. The molecule has 5 nitrogen and oxygen atoms in total. The summed E-state index contributed by atoms with van der Waals surface area (Å²) in [6.07, 6.45) is 0.362. The number of halogens is 1. The zero-order valence-corrected chi connectivity index (χ0v) is 15.2. The van der Waals surface area contributed by atoms with Crippen LogP contribution in [-0.4, -0.2) is 36.2 Å². The van der Waals surface area contributed by atoms with Gasteiger partial charge in [-0.05, 0) is 42.9 Å². The second-order valence-electron chi connectivity index (χ2n) is 6.44. The Morgan fingerprint density at radius 2 is 1.81 bits per heavy atom. The maximum atomic E-state index is 12.9. The lowest BCUT2D eigenvalue weighted by molar-refractivity contribution is -0.139. The topological polar surface area (TPSA) is 70.6 Å². The Kier molecular flexibility index (Phi) is 6.14. The predicted molar refractivity (Wildman–Crippen MR) is 101 cm³/mol. The largest absolute Gasteiger partial charge is 0.477 e. The fourth-order valence-corrected chi connectivity index (χ4v) is 3.20. The zero-order chi connectivity index (χ0) is 18.4. The van der Waals surface area contributed by atoms with Crippen LogP contribution in [0.15, 0.2) is 54.6 Å². The molecular weight excluding hydrogens is 352 g/mol. The average molecular weight is 375 g/mol. The van der Waals surface area contributed by atoms with E-state index in [1.807, 2.05) is 30.3 Å². The summed E-state index contributed by atoms with van der Waals surface area (Å²) < 4.78 is 6.11. The number of ether oxygens (including phenoxy) is 1. The minimum Gasteiger partial charge on any atom is -0.477 e. The molecule has 1 aliphatic rings. The van der Waals surface area contributed by atoms with Crippen LogP contribution in [0.1, 0.15) is 24.5 Å². The second kappa shape index (κ2) is 8.54. The number of piperidine rings is 1. The van der Waals surface area contributed by atoms with Gasteiger partial charge in [-0.2, -0.15) is 0 Å². The summed E-state index contributed by atoms with van der Waals surface area (Å²) in [5, 5.41) is 17.0. The van der Waals surface area contributed by atoms with Crippen molar-refractivity contribution in [1.29, 1.82) is 0 Å². The molecule has 0 unspecified atom stereocenters. The standard InChI is InChI=1S/C20H23ClN2O3/c21-16-6-8-17(9-7-16)26-20(10-12-22-13-11-20)19(25)23-14-18(24)15-4-2-1-3-5-15/h1-9,18,22,24H,10-14H2,(H,23,25)/t18-/m0/s1. The van der Waals surface area contributed by atoms with E-state index in [0.717, 1.165) is 5.56 Å². The van der Waals surface area contributed by atoms with Gasteiger partial charge in [0.05, 0.1) is 6.10 Å². The number of nitrogens with one attached hydrogen (secondary N) is 2. The Bertz CT molecular complexity index is 716.